The molecule has 0 aliphatic rings. The summed E-state index contributed by atoms with van der Waals surface area (Å²) in [5, 5.41) is 37.8. The number of rotatable bonds is 11. The molecule has 4 N–H and O–H groups in total. The fourth-order valence-electron chi connectivity index (χ4n) is 2.00. The number of hydrogen-bond donors (Lipinski definition) is 4. The number of phenols is 4. The van der Waals surface area contributed by atoms with Crippen LogP contribution in [0.15, 0.2) is 36.4 Å². The standard InChI is InChI=1S/C18H22O8/c19-13-3-1-5-15(17(13)21)25-11-9-23-7-8-24-10-12-26-16-6-2-4-14(20)18(16)22/h1-6,19-22H,7-12H2. The fourth-order valence-corrected chi connectivity index (χ4v) is 2.00. The number of benzene rings is 2. The molecule has 2 rings (SSSR count). The van der Waals surface area contributed by atoms with Crippen molar-refractivity contribution in [3.05, 3.63) is 36.4 Å². The van der Waals surface area contributed by atoms with E-state index in [0.717, 1.165) is 0 Å². The van der Waals surface area contributed by atoms with E-state index in [0.29, 0.717) is 26.4 Å². The first kappa shape index (κ1) is 19.5. The normalized spacial score (nSPS) is 10.6. The lowest BCUT2D eigenvalue weighted by Gasteiger charge is -2.10. The Bertz CT molecular complexity index is 629. The van der Waals surface area contributed by atoms with Gasteiger partial charge in [-0.3, -0.25) is 0 Å². The second kappa shape index (κ2) is 10.2. The van der Waals surface area contributed by atoms with Crippen LogP contribution < -0.4 is 9.47 Å². The van der Waals surface area contributed by atoms with Gasteiger partial charge in [0.05, 0.1) is 26.4 Å². The lowest BCUT2D eigenvalue weighted by Crippen LogP contribution is -2.13. The van der Waals surface area contributed by atoms with E-state index in [1.54, 1.807) is 24.3 Å². The van der Waals surface area contributed by atoms with Crippen molar-refractivity contribution >= 4 is 0 Å². The van der Waals surface area contributed by atoms with Crippen molar-refractivity contribution in [1.29, 1.82) is 0 Å². The van der Waals surface area contributed by atoms with E-state index in [1.807, 2.05) is 0 Å². The monoisotopic (exact) mass is 366 g/mol. The van der Waals surface area contributed by atoms with Gasteiger partial charge in [-0.15, -0.1) is 0 Å². The average molecular weight is 366 g/mol. The highest BCUT2D eigenvalue weighted by molar-refractivity contribution is 5.49. The Morgan fingerprint density at radius 3 is 1.35 bits per heavy atom. The highest BCUT2D eigenvalue weighted by Crippen LogP contribution is 2.35. The molecule has 2 aromatic rings. The van der Waals surface area contributed by atoms with Crippen molar-refractivity contribution in [3.63, 3.8) is 0 Å². The summed E-state index contributed by atoms with van der Waals surface area (Å²) in [7, 11) is 0. The maximum atomic E-state index is 9.56. The summed E-state index contributed by atoms with van der Waals surface area (Å²) in [5.74, 6) is -0.687. The molecule has 0 heterocycles. The van der Waals surface area contributed by atoms with Crippen LogP contribution in [-0.4, -0.2) is 60.1 Å². The Morgan fingerprint density at radius 2 is 0.923 bits per heavy atom. The molecule has 0 aliphatic carbocycles. The maximum Gasteiger partial charge on any atom is 0.200 e. The smallest absolute Gasteiger partial charge is 0.200 e. The largest absolute Gasteiger partial charge is 0.504 e. The Morgan fingerprint density at radius 1 is 0.538 bits per heavy atom. The van der Waals surface area contributed by atoms with Gasteiger partial charge in [0, 0.05) is 0 Å². The molecule has 26 heavy (non-hydrogen) atoms. The predicted molar refractivity (Wildman–Crippen MR) is 92.2 cm³/mol. The van der Waals surface area contributed by atoms with Gasteiger partial charge in [0.15, 0.2) is 23.0 Å². The average Bonchev–Trinajstić information content (AvgIpc) is 2.63. The minimum absolute atomic E-state index is 0.192. The zero-order valence-electron chi connectivity index (χ0n) is 14.1. The van der Waals surface area contributed by atoms with Gasteiger partial charge in [-0.1, -0.05) is 12.1 Å². The first-order valence-corrected chi connectivity index (χ1v) is 8.02. The van der Waals surface area contributed by atoms with E-state index in [9.17, 15) is 20.4 Å². The van der Waals surface area contributed by atoms with Crippen molar-refractivity contribution in [1.82, 2.24) is 0 Å². The Kier molecular flexibility index (Phi) is 7.66. The lowest BCUT2D eigenvalue weighted by atomic mass is 10.3. The molecule has 8 nitrogen and oxygen atoms in total. The van der Waals surface area contributed by atoms with Crippen LogP contribution in [0.3, 0.4) is 0 Å². The summed E-state index contributed by atoms with van der Waals surface area (Å²) in [6, 6.07) is 8.95. The highest BCUT2D eigenvalue weighted by atomic mass is 16.6. The summed E-state index contributed by atoms with van der Waals surface area (Å²) in [6.07, 6.45) is 0. The summed E-state index contributed by atoms with van der Waals surface area (Å²) in [6.45, 7) is 1.74. The van der Waals surface area contributed by atoms with E-state index in [1.165, 1.54) is 12.1 Å². The zero-order valence-corrected chi connectivity index (χ0v) is 14.1. The second-order valence-corrected chi connectivity index (χ2v) is 5.17. The van der Waals surface area contributed by atoms with Crippen molar-refractivity contribution in [2.45, 2.75) is 0 Å². The molecule has 0 amide bonds. The minimum Gasteiger partial charge on any atom is -0.504 e. The van der Waals surface area contributed by atoms with Gasteiger partial charge in [-0.05, 0) is 24.3 Å². The van der Waals surface area contributed by atoms with Gasteiger partial charge in [0.2, 0.25) is 11.5 Å². The van der Waals surface area contributed by atoms with Crippen molar-refractivity contribution in [2.75, 3.05) is 39.6 Å². The third kappa shape index (κ3) is 5.91. The topological polar surface area (TPSA) is 118 Å². The van der Waals surface area contributed by atoms with E-state index in [4.69, 9.17) is 18.9 Å². The van der Waals surface area contributed by atoms with E-state index < -0.39 is 0 Å². The third-order valence-corrected chi connectivity index (χ3v) is 3.30. The molecule has 0 spiro atoms. The molecule has 0 radical (unpaired) electrons. The van der Waals surface area contributed by atoms with Gasteiger partial charge in [0.1, 0.15) is 13.2 Å². The third-order valence-electron chi connectivity index (χ3n) is 3.30. The molecule has 142 valence electrons. The molecule has 0 atom stereocenters. The Balaban J connectivity index is 1.48. The lowest BCUT2D eigenvalue weighted by molar-refractivity contribution is 0.0269. The molecule has 0 fully saturated rings. The highest BCUT2D eigenvalue weighted by Gasteiger charge is 2.07. The SMILES string of the molecule is Oc1cccc(OCCOCCOCCOc2cccc(O)c2O)c1O. The van der Waals surface area contributed by atoms with Gasteiger partial charge in [0.25, 0.3) is 0 Å². The molecular weight excluding hydrogens is 344 g/mol. The molecule has 0 saturated carbocycles. The number of para-hydroxylation sites is 2. The van der Waals surface area contributed by atoms with Crippen LogP contribution in [0, 0.1) is 0 Å². The fraction of sp³-hybridized carbons (Fsp3) is 0.333. The Labute approximate surface area is 150 Å². The number of ether oxygens (including phenoxy) is 4. The quantitative estimate of drug-likeness (QED) is 0.352. The van der Waals surface area contributed by atoms with Crippen LogP contribution in [0.1, 0.15) is 0 Å². The molecule has 8 heteroatoms. The second-order valence-electron chi connectivity index (χ2n) is 5.17. The predicted octanol–water partition coefficient (Wildman–Crippen LogP) is 2.00. The summed E-state index contributed by atoms with van der Waals surface area (Å²) >= 11 is 0. The van der Waals surface area contributed by atoms with E-state index in [-0.39, 0.29) is 47.7 Å². The summed E-state index contributed by atoms with van der Waals surface area (Å²) in [5.41, 5.74) is 0. The van der Waals surface area contributed by atoms with Crippen LogP contribution in [0.5, 0.6) is 34.5 Å². The molecule has 0 unspecified atom stereocenters. The van der Waals surface area contributed by atoms with Crippen LogP contribution in [0.25, 0.3) is 0 Å². The number of hydrogen-bond acceptors (Lipinski definition) is 8. The van der Waals surface area contributed by atoms with Crippen LogP contribution in [0.4, 0.5) is 0 Å². The van der Waals surface area contributed by atoms with Crippen molar-refractivity contribution in [3.8, 4) is 34.5 Å². The van der Waals surface area contributed by atoms with E-state index >= 15 is 0 Å². The number of aromatic hydroxyl groups is 4. The summed E-state index contributed by atoms with van der Waals surface area (Å²) < 4.78 is 21.2. The van der Waals surface area contributed by atoms with Crippen LogP contribution in [0.2, 0.25) is 0 Å². The van der Waals surface area contributed by atoms with Crippen LogP contribution >= 0.6 is 0 Å². The molecule has 0 aromatic heterocycles. The number of phenolic OH excluding ortho intramolecular Hbond substituents is 4. The first-order valence-electron chi connectivity index (χ1n) is 8.02. The maximum absolute atomic E-state index is 9.56. The molecular formula is C18H22O8. The minimum atomic E-state index is -0.298. The van der Waals surface area contributed by atoms with Crippen molar-refractivity contribution < 1.29 is 39.4 Å². The Hall–Kier alpha value is -2.84. The van der Waals surface area contributed by atoms with Gasteiger partial charge in [-0.25, -0.2) is 0 Å². The van der Waals surface area contributed by atoms with Crippen molar-refractivity contribution in [2.24, 2.45) is 0 Å². The zero-order chi connectivity index (χ0) is 18.8. The molecule has 0 saturated heterocycles. The molecule has 0 bridgehead atoms. The summed E-state index contributed by atoms with van der Waals surface area (Å²) in [4.78, 5) is 0. The van der Waals surface area contributed by atoms with Gasteiger partial charge < -0.3 is 39.4 Å². The molecule has 2 aromatic carbocycles. The first-order chi connectivity index (χ1) is 12.6. The van der Waals surface area contributed by atoms with Crippen LogP contribution in [-0.2, 0) is 9.47 Å². The molecule has 0 aliphatic heterocycles. The van der Waals surface area contributed by atoms with E-state index in [2.05, 4.69) is 0 Å². The van der Waals surface area contributed by atoms with Gasteiger partial charge >= 0.3 is 0 Å². The van der Waals surface area contributed by atoms with Gasteiger partial charge in [-0.2, -0.15) is 0 Å².